The van der Waals surface area contributed by atoms with Crippen LogP contribution in [0.15, 0.2) is 29.9 Å². The molecule has 0 atom stereocenters. The average Bonchev–Trinajstić information content (AvgIpc) is 3.19. The molecule has 3 aromatic rings. The minimum atomic E-state index is -0.119. The summed E-state index contributed by atoms with van der Waals surface area (Å²) in [5.41, 5.74) is 0. The first kappa shape index (κ1) is 15.6. The van der Waals surface area contributed by atoms with Crippen LogP contribution in [-0.4, -0.2) is 28.3 Å². The average molecular weight is 347 g/mol. The first-order valence-corrected chi connectivity index (χ1v) is 8.50. The third-order valence-corrected chi connectivity index (χ3v) is 4.96. The number of nitrogens with one attached hydrogen (secondary N) is 1. The zero-order chi connectivity index (χ0) is 16.2. The highest BCUT2D eigenvalue weighted by Crippen LogP contribution is 2.25. The normalized spacial score (nSPS) is 10.7. The van der Waals surface area contributed by atoms with E-state index in [0.717, 1.165) is 15.1 Å². The molecule has 0 saturated heterocycles. The quantitative estimate of drug-likeness (QED) is 0.693. The van der Waals surface area contributed by atoms with Crippen LogP contribution in [0.25, 0.3) is 10.2 Å². The number of ketones is 1. The second kappa shape index (κ2) is 6.84. The lowest BCUT2D eigenvalue weighted by Gasteiger charge is -2.04. The number of hydrogen-bond donors (Lipinski definition) is 1. The van der Waals surface area contributed by atoms with Crippen molar-refractivity contribution in [1.82, 2.24) is 15.3 Å². The van der Waals surface area contributed by atoms with Gasteiger partial charge in [-0.15, -0.1) is 22.7 Å². The molecule has 1 N–H and O–H groups in total. The number of ether oxygens (including phenoxy) is 1. The summed E-state index contributed by atoms with van der Waals surface area (Å²) < 4.78 is 5.54. The van der Waals surface area contributed by atoms with Gasteiger partial charge in [0.25, 0.3) is 0 Å². The van der Waals surface area contributed by atoms with Crippen LogP contribution in [0.2, 0.25) is 0 Å². The first-order valence-electron chi connectivity index (χ1n) is 6.81. The molecule has 0 radical (unpaired) electrons. The van der Waals surface area contributed by atoms with Crippen LogP contribution in [-0.2, 0) is 11.3 Å². The summed E-state index contributed by atoms with van der Waals surface area (Å²) in [6, 6.07) is 5.44. The van der Waals surface area contributed by atoms with Crippen LogP contribution in [0.4, 0.5) is 0 Å². The largest absolute Gasteiger partial charge is 0.469 e. The van der Waals surface area contributed by atoms with Crippen molar-refractivity contribution in [1.29, 1.82) is 0 Å². The Morgan fingerprint density at radius 1 is 1.26 bits per heavy atom. The van der Waals surface area contributed by atoms with Gasteiger partial charge in [0.05, 0.1) is 16.8 Å². The Kier molecular flexibility index (Phi) is 4.63. The minimum Gasteiger partial charge on any atom is -0.469 e. The number of aromatic nitrogens is 2. The maximum Gasteiger partial charge on any atom is 0.225 e. The van der Waals surface area contributed by atoms with Gasteiger partial charge in [0.2, 0.25) is 17.6 Å². The summed E-state index contributed by atoms with van der Waals surface area (Å²) in [5, 5.41) is 5.41. The Morgan fingerprint density at radius 3 is 2.96 bits per heavy atom. The molecule has 23 heavy (non-hydrogen) atoms. The topological polar surface area (TPSA) is 81.2 Å². The van der Waals surface area contributed by atoms with Crippen molar-refractivity contribution in [3.63, 3.8) is 0 Å². The number of Topliss-reactive ketones (excluding diaryl/α,β-unsaturated/α-hetero) is 1. The molecule has 3 rings (SSSR count). The lowest BCUT2D eigenvalue weighted by atomic mass is 10.3. The van der Waals surface area contributed by atoms with Gasteiger partial charge in [-0.3, -0.25) is 9.59 Å². The van der Waals surface area contributed by atoms with Crippen molar-refractivity contribution in [2.24, 2.45) is 0 Å². The van der Waals surface area contributed by atoms with Gasteiger partial charge >= 0.3 is 0 Å². The number of hydrogen-bond acceptors (Lipinski definition) is 7. The Balaban J connectivity index is 1.63. The van der Waals surface area contributed by atoms with Gasteiger partial charge in [0, 0.05) is 11.8 Å². The van der Waals surface area contributed by atoms with E-state index in [1.165, 1.54) is 35.9 Å². The van der Waals surface area contributed by atoms with Crippen LogP contribution in [0.1, 0.15) is 21.5 Å². The lowest BCUT2D eigenvalue weighted by Crippen LogP contribution is -2.18. The van der Waals surface area contributed by atoms with Crippen molar-refractivity contribution < 1.29 is 14.3 Å². The Labute approximate surface area is 140 Å². The van der Waals surface area contributed by atoms with Gasteiger partial charge in [-0.2, -0.15) is 0 Å². The fraction of sp³-hybridized carbons (Fsp3) is 0.200. The SMILES string of the molecule is CC(=O)NCc1ccc(C(=O)COc2ncnc3sccc23)s1. The second-order valence-corrected chi connectivity index (χ2v) is 6.77. The van der Waals surface area contributed by atoms with Crippen molar-refractivity contribution in [2.45, 2.75) is 13.5 Å². The zero-order valence-electron chi connectivity index (χ0n) is 12.2. The molecule has 0 aliphatic heterocycles. The Bertz CT molecular complexity index is 856. The molecule has 0 bridgehead atoms. The van der Waals surface area contributed by atoms with Crippen molar-refractivity contribution in [3.8, 4) is 5.88 Å². The van der Waals surface area contributed by atoms with Crippen LogP contribution in [0, 0.1) is 0 Å². The van der Waals surface area contributed by atoms with E-state index in [-0.39, 0.29) is 18.3 Å². The molecule has 6 nitrogen and oxygen atoms in total. The van der Waals surface area contributed by atoms with Crippen molar-refractivity contribution in [2.75, 3.05) is 6.61 Å². The molecular weight excluding hydrogens is 334 g/mol. The van der Waals surface area contributed by atoms with Crippen molar-refractivity contribution >= 4 is 44.6 Å². The molecule has 1 amide bonds. The number of nitrogens with zero attached hydrogens (tertiary/aromatic N) is 2. The molecule has 0 saturated carbocycles. The van der Waals surface area contributed by atoms with E-state index in [1.807, 2.05) is 17.5 Å². The number of fused-ring (bicyclic) bond motifs is 1. The van der Waals surface area contributed by atoms with Crippen molar-refractivity contribution in [3.05, 3.63) is 39.7 Å². The summed E-state index contributed by atoms with van der Waals surface area (Å²) in [4.78, 5) is 33.7. The van der Waals surface area contributed by atoms with Gasteiger partial charge in [0.1, 0.15) is 11.2 Å². The van der Waals surface area contributed by atoms with E-state index in [2.05, 4.69) is 15.3 Å². The number of thiophene rings is 2. The van der Waals surface area contributed by atoms with E-state index < -0.39 is 0 Å². The molecule has 0 aliphatic carbocycles. The molecule has 0 unspecified atom stereocenters. The third kappa shape index (κ3) is 3.72. The fourth-order valence-electron chi connectivity index (χ4n) is 1.92. The van der Waals surface area contributed by atoms with Gasteiger partial charge in [0.15, 0.2) is 6.61 Å². The van der Waals surface area contributed by atoms with E-state index in [0.29, 0.717) is 17.3 Å². The van der Waals surface area contributed by atoms with Gasteiger partial charge in [-0.05, 0) is 23.6 Å². The Hall–Kier alpha value is -2.32. The van der Waals surface area contributed by atoms with Gasteiger partial charge in [-0.25, -0.2) is 9.97 Å². The molecular formula is C15H13N3O3S2. The summed E-state index contributed by atoms with van der Waals surface area (Å²) in [6.45, 7) is 1.80. The van der Waals surface area contributed by atoms with E-state index in [9.17, 15) is 9.59 Å². The standard InChI is InChI=1S/C15H13N3O3S2/c1-9(19)16-6-10-2-3-13(23-10)12(20)7-21-14-11-4-5-22-15(11)18-8-17-14/h2-5,8H,6-7H2,1H3,(H,16,19). The molecule has 118 valence electrons. The van der Waals surface area contributed by atoms with Crippen LogP contribution in [0.3, 0.4) is 0 Å². The van der Waals surface area contributed by atoms with Gasteiger partial charge < -0.3 is 10.1 Å². The predicted octanol–water partition coefficient (Wildman–Crippen LogP) is 2.65. The number of carbonyl (C=O) groups excluding carboxylic acids is 2. The van der Waals surface area contributed by atoms with Crippen LogP contribution in [0.5, 0.6) is 5.88 Å². The molecule has 0 spiro atoms. The van der Waals surface area contributed by atoms with Crippen LogP contribution < -0.4 is 10.1 Å². The third-order valence-electron chi connectivity index (χ3n) is 3.01. The molecule has 0 aromatic carbocycles. The number of carbonyl (C=O) groups is 2. The lowest BCUT2D eigenvalue weighted by molar-refractivity contribution is -0.119. The number of amides is 1. The number of rotatable bonds is 6. The smallest absolute Gasteiger partial charge is 0.225 e. The van der Waals surface area contributed by atoms with E-state index in [4.69, 9.17) is 4.74 Å². The summed E-state index contributed by atoms with van der Waals surface area (Å²) >= 11 is 2.84. The first-order chi connectivity index (χ1) is 11.1. The summed E-state index contributed by atoms with van der Waals surface area (Å²) in [5.74, 6) is 0.198. The van der Waals surface area contributed by atoms with E-state index in [1.54, 1.807) is 6.07 Å². The molecule has 3 heterocycles. The highest BCUT2D eigenvalue weighted by atomic mass is 32.1. The fourth-order valence-corrected chi connectivity index (χ4v) is 3.52. The Morgan fingerprint density at radius 2 is 2.13 bits per heavy atom. The highest BCUT2D eigenvalue weighted by molar-refractivity contribution is 7.16. The van der Waals surface area contributed by atoms with Crippen LogP contribution >= 0.6 is 22.7 Å². The molecule has 0 aliphatic rings. The zero-order valence-corrected chi connectivity index (χ0v) is 13.9. The van der Waals surface area contributed by atoms with Gasteiger partial charge in [-0.1, -0.05) is 0 Å². The maximum absolute atomic E-state index is 12.2. The maximum atomic E-state index is 12.2. The highest BCUT2D eigenvalue weighted by Gasteiger charge is 2.13. The second-order valence-electron chi connectivity index (χ2n) is 4.71. The summed E-state index contributed by atoms with van der Waals surface area (Å²) in [6.07, 6.45) is 1.43. The minimum absolute atomic E-state index is 0.0813. The molecule has 8 heteroatoms. The summed E-state index contributed by atoms with van der Waals surface area (Å²) in [7, 11) is 0. The molecule has 0 fully saturated rings. The van der Waals surface area contributed by atoms with E-state index >= 15 is 0 Å². The molecule has 3 aromatic heterocycles. The monoisotopic (exact) mass is 347 g/mol. The predicted molar refractivity (Wildman–Crippen MR) is 89.1 cm³/mol.